The van der Waals surface area contributed by atoms with Crippen LogP contribution in [0, 0.1) is 5.92 Å². The van der Waals surface area contributed by atoms with E-state index in [1.54, 1.807) is 0 Å². The van der Waals surface area contributed by atoms with E-state index in [1.807, 2.05) is 0 Å². The third-order valence-corrected chi connectivity index (χ3v) is 2.78. The van der Waals surface area contributed by atoms with Crippen molar-refractivity contribution in [3.8, 4) is 0 Å². The summed E-state index contributed by atoms with van der Waals surface area (Å²) in [5.74, 6) is 1.14. The van der Waals surface area contributed by atoms with Crippen molar-refractivity contribution in [1.82, 2.24) is 5.48 Å². The van der Waals surface area contributed by atoms with E-state index in [2.05, 4.69) is 64.4 Å². The zero-order chi connectivity index (χ0) is 12.8. The van der Waals surface area contributed by atoms with Gasteiger partial charge in [0.05, 0.1) is 12.6 Å². The van der Waals surface area contributed by atoms with Gasteiger partial charge in [-0.1, -0.05) is 52.0 Å². The number of rotatable bonds is 6. The Kier molecular flexibility index (Phi) is 5.66. The molecule has 1 atom stereocenters. The highest BCUT2D eigenvalue weighted by molar-refractivity contribution is 5.26. The van der Waals surface area contributed by atoms with Gasteiger partial charge in [0.2, 0.25) is 0 Å². The summed E-state index contributed by atoms with van der Waals surface area (Å²) >= 11 is 0. The van der Waals surface area contributed by atoms with Crippen molar-refractivity contribution in [1.29, 1.82) is 0 Å². The molecule has 96 valence electrons. The molecule has 0 amide bonds. The van der Waals surface area contributed by atoms with Crippen LogP contribution in [-0.2, 0) is 4.84 Å². The third-order valence-electron chi connectivity index (χ3n) is 2.78. The second kappa shape index (κ2) is 6.77. The summed E-state index contributed by atoms with van der Waals surface area (Å²) in [6.07, 6.45) is 0. The van der Waals surface area contributed by atoms with Crippen molar-refractivity contribution in [2.75, 3.05) is 6.61 Å². The number of hydrogen-bond donors (Lipinski definition) is 1. The van der Waals surface area contributed by atoms with E-state index in [1.165, 1.54) is 11.1 Å². The molecule has 0 fully saturated rings. The van der Waals surface area contributed by atoms with Crippen molar-refractivity contribution < 1.29 is 4.84 Å². The molecule has 0 saturated heterocycles. The van der Waals surface area contributed by atoms with Crippen LogP contribution in [0.25, 0.3) is 0 Å². The fraction of sp³-hybridized carbons (Fsp3) is 0.600. The number of hydroxylamine groups is 1. The minimum atomic E-state index is 0.231. The molecule has 0 radical (unpaired) electrons. The average molecular weight is 235 g/mol. The lowest BCUT2D eigenvalue weighted by atomic mass is 10.00. The van der Waals surface area contributed by atoms with E-state index in [4.69, 9.17) is 4.84 Å². The standard InChI is InChI=1S/C15H25NO/c1-11(2)10-17-16-13(5)15-8-6-14(7-9-15)12(3)4/h6-9,11-13,16H,10H2,1-5H3. The average Bonchev–Trinajstić information content (AvgIpc) is 2.28. The second-order valence-corrected chi connectivity index (χ2v) is 5.37. The first-order valence-corrected chi connectivity index (χ1v) is 6.48. The molecule has 0 heterocycles. The van der Waals surface area contributed by atoms with Crippen LogP contribution < -0.4 is 5.48 Å². The van der Waals surface area contributed by atoms with Gasteiger partial charge in [-0.2, -0.15) is 5.48 Å². The molecule has 2 heteroatoms. The molecule has 1 N–H and O–H groups in total. The maximum Gasteiger partial charge on any atom is 0.0705 e. The molecular formula is C15H25NO. The highest BCUT2D eigenvalue weighted by Crippen LogP contribution is 2.18. The van der Waals surface area contributed by atoms with Crippen molar-refractivity contribution in [2.45, 2.75) is 46.6 Å². The lowest BCUT2D eigenvalue weighted by Gasteiger charge is -2.16. The van der Waals surface area contributed by atoms with E-state index in [0.29, 0.717) is 11.8 Å². The maximum atomic E-state index is 5.44. The summed E-state index contributed by atoms with van der Waals surface area (Å²) in [5.41, 5.74) is 5.72. The summed E-state index contributed by atoms with van der Waals surface area (Å²) in [5, 5.41) is 0. The van der Waals surface area contributed by atoms with Crippen LogP contribution in [0.5, 0.6) is 0 Å². The van der Waals surface area contributed by atoms with Crippen LogP contribution in [0.4, 0.5) is 0 Å². The number of hydrogen-bond acceptors (Lipinski definition) is 2. The molecule has 1 aromatic rings. The van der Waals surface area contributed by atoms with Gasteiger partial charge in [0.15, 0.2) is 0 Å². The lowest BCUT2D eigenvalue weighted by molar-refractivity contribution is 0.00409. The Balaban J connectivity index is 2.48. The zero-order valence-electron chi connectivity index (χ0n) is 11.7. The highest BCUT2D eigenvalue weighted by atomic mass is 16.6. The molecule has 0 bridgehead atoms. The Bertz CT molecular complexity index is 316. The quantitative estimate of drug-likeness (QED) is 0.751. The molecule has 1 unspecified atom stereocenters. The number of benzene rings is 1. The van der Waals surface area contributed by atoms with Crippen LogP contribution in [0.15, 0.2) is 24.3 Å². The molecule has 0 aliphatic carbocycles. The Hall–Kier alpha value is -0.860. The lowest BCUT2D eigenvalue weighted by Crippen LogP contribution is -2.21. The fourth-order valence-corrected chi connectivity index (χ4v) is 1.58. The molecule has 1 aromatic carbocycles. The first-order chi connectivity index (χ1) is 8.00. The Labute approximate surface area is 105 Å². The molecule has 0 spiro atoms. The molecule has 1 rings (SSSR count). The van der Waals surface area contributed by atoms with Crippen molar-refractivity contribution in [3.05, 3.63) is 35.4 Å². The molecule has 0 aliphatic rings. The summed E-state index contributed by atoms with van der Waals surface area (Å²) in [6, 6.07) is 8.97. The van der Waals surface area contributed by atoms with Gasteiger partial charge in [0.25, 0.3) is 0 Å². The Morgan fingerprint density at radius 2 is 1.47 bits per heavy atom. The van der Waals surface area contributed by atoms with E-state index >= 15 is 0 Å². The summed E-state index contributed by atoms with van der Waals surface area (Å²) < 4.78 is 0. The predicted octanol–water partition coefficient (Wildman–Crippen LogP) is 4.05. The number of nitrogens with one attached hydrogen (secondary N) is 1. The van der Waals surface area contributed by atoms with Gasteiger partial charge in [-0.15, -0.1) is 0 Å². The summed E-state index contributed by atoms with van der Waals surface area (Å²) in [7, 11) is 0. The van der Waals surface area contributed by atoms with Gasteiger partial charge >= 0.3 is 0 Å². The molecule has 2 nitrogen and oxygen atoms in total. The van der Waals surface area contributed by atoms with E-state index < -0.39 is 0 Å². The van der Waals surface area contributed by atoms with E-state index in [9.17, 15) is 0 Å². The fourth-order valence-electron chi connectivity index (χ4n) is 1.58. The summed E-state index contributed by atoms with van der Waals surface area (Å²) in [4.78, 5) is 5.44. The smallest absolute Gasteiger partial charge is 0.0705 e. The second-order valence-electron chi connectivity index (χ2n) is 5.37. The van der Waals surface area contributed by atoms with Gasteiger partial charge in [-0.05, 0) is 29.9 Å². The minimum absolute atomic E-state index is 0.231. The zero-order valence-corrected chi connectivity index (χ0v) is 11.7. The van der Waals surface area contributed by atoms with Crippen LogP contribution in [0.3, 0.4) is 0 Å². The summed E-state index contributed by atoms with van der Waals surface area (Å²) in [6.45, 7) is 11.6. The van der Waals surface area contributed by atoms with Gasteiger partial charge in [-0.25, -0.2) is 0 Å². The molecular weight excluding hydrogens is 210 g/mol. The van der Waals surface area contributed by atoms with Gasteiger partial charge in [0.1, 0.15) is 0 Å². The molecule has 0 aliphatic heterocycles. The first-order valence-electron chi connectivity index (χ1n) is 6.48. The van der Waals surface area contributed by atoms with Crippen molar-refractivity contribution >= 4 is 0 Å². The SMILES string of the molecule is CC(C)CONC(C)c1ccc(C(C)C)cc1. The maximum absolute atomic E-state index is 5.44. The van der Waals surface area contributed by atoms with Crippen LogP contribution in [0.1, 0.15) is 57.7 Å². The first kappa shape index (κ1) is 14.2. The normalized spacial score (nSPS) is 13.4. The minimum Gasteiger partial charge on any atom is -0.301 e. The molecule has 17 heavy (non-hydrogen) atoms. The largest absolute Gasteiger partial charge is 0.301 e. The van der Waals surface area contributed by atoms with Gasteiger partial charge < -0.3 is 4.84 Å². The Morgan fingerprint density at radius 3 is 1.94 bits per heavy atom. The van der Waals surface area contributed by atoms with Gasteiger partial charge in [-0.3, -0.25) is 0 Å². The molecule has 0 aromatic heterocycles. The van der Waals surface area contributed by atoms with E-state index in [-0.39, 0.29) is 6.04 Å². The van der Waals surface area contributed by atoms with Gasteiger partial charge in [0, 0.05) is 0 Å². The molecule has 0 saturated carbocycles. The van der Waals surface area contributed by atoms with E-state index in [0.717, 1.165) is 6.61 Å². The topological polar surface area (TPSA) is 21.3 Å². The van der Waals surface area contributed by atoms with Crippen molar-refractivity contribution in [2.24, 2.45) is 5.92 Å². The highest BCUT2D eigenvalue weighted by Gasteiger charge is 2.06. The third kappa shape index (κ3) is 4.88. The van der Waals surface area contributed by atoms with Crippen LogP contribution >= 0.6 is 0 Å². The monoisotopic (exact) mass is 235 g/mol. The van der Waals surface area contributed by atoms with Crippen LogP contribution in [0.2, 0.25) is 0 Å². The van der Waals surface area contributed by atoms with Crippen molar-refractivity contribution in [3.63, 3.8) is 0 Å². The predicted molar refractivity (Wildman–Crippen MR) is 72.9 cm³/mol. The Morgan fingerprint density at radius 1 is 0.941 bits per heavy atom. The van der Waals surface area contributed by atoms with Crippen LogP contribution in [-0.4, -0.2) is 6.61 Å².